The zero-order valence-electron chi connectivity index (χ0n) is 14.5. The molecule has 2 aliphatic carbocycles. The van der Waals surface area contributed by atoms with E-state index in [-0.39, 0.29) is 0 Å². The van der Waals surface area contributed by atoms with E-state index in [1.165, 1.54) is 57.3 Å². The van der Waals surface area contributed by atoms with E-state index in [9.17, 15) is 0 Å². The van der Waals surface area contributed by atoms with Gasteiger partial charge in [-0.3, -0.25) is 0 Å². The SMILES string of the molecule is c1ccc(CCN2C[C@@H]3CCC4C[C@]3(Cc3ccccc34)C2)cc1. The van der Waals surface area contributed by atoms with Crippen LogP contribution >= 0.6 is 0 Å². The molecule has 2 bridgehead atoms. The molecule has 0 amide bonds. The monoisotopic (exact) mass is 317 g/mol. The average molecular weight is 317 g/mol. The molecule has 2 fully saturated rings. The van der Waals surface area contributed by atoms with Gasteiger partial charge in [0, 0.05) is 19.6 Å². The molecule has 0 radical (unpaired) electrons. The van der Waals surface area contributed by atoms with Crippen molar-refractivity contribution in [3.8, 4) is 0 Å². The van der Waals surface area contributed by atoms with Crippen molar-refractivity contribution in [3.63, 3.8) is 0 Å². The number of benzene rings is 2. The van der Waals surface area contributed by atoms with Gasteiger partial charge in [0.25, 0.3) is 0 Å². The van der Waals surface area contributed by atoms with Crippen molar-refractivity contribution >= 4 is 0 Å². The summed E-state index contributed by atoms with van der Waals surface area (Å²) in [6.45, 7) is 3.89. The molecule has 3 aliphatic rings. The largest absolute Gasteiger partial charge is 0.302 e. The lowest BCUT2D eigenvalue weighted by atomic mass is 9.57. The summed E-state index contributed by atoms with van der Waals surface area (Å²) >= 11 is 0. The van der Waals surface area contributed by atoms with Gasteiger partial charge in [-0.05, 0) is 66.0 Å². The van der Waals surface area contributed by atoms with Crippen molar-refractivity contribution in [3.05, 3.63) is 71.3 Å². The van der Waals surface area contributed by atoms with Gasteiger partial charge in [-0.15, -0.1) is 0 Å². The molecular weight excluding hydrogens is 290 g/mol. The standard InChI is InChI=1S/C23H27N/c1-2-6-18(7-3-1)12-13-24-16-21-11-10-20-15-23(21,17-24)14-19-8-4-5-9-22(19)20/h1-9,20-21H,10-17H2/t20?,21-,23+/m0/s1. The van der Waals surface area contributed by atoms with Gasteiger partial charge in [-0.2, -0.15) is 0 Å². The lowest BCUT2D eigenvalue weighted by molar-refractivity contribution is 0.114. The molecule has 124 valence electrons. The van der Waals surface area contributed by atoms with E-state index in [1.54, 1.807) is 11.1 Å². The number of rotatable bonds is 3. The highest BCUT2D eigenvalue weighted by atomic mass is 15.2. The van der Waals surface area contributed by atoms with E-state index >= 15 is 0 Å². The van der Waals surface area contributed by atoms with E-state index in [2.05, 4.69) is 59.5 Å². The second kappa shape index (κ2) is 5.74. The normalized spacial score (nSPS) is 31.5. The Labute approximate surface area is 145 Å². The topological polar surface area (TPSA) is 3.24 Å². The third-order valence-corrected chi connectivity index (χ3v) is 7.00. The molecule has 2 aromatic carbocycles. The minimum atomic E-state index is 0.577. The number of hydrogen-bond donors (Lipinski definition) is 0. The van der Waals surface area contributed by atoms with Crippen LogP contribution in [0.4, 0.5) is 0 Å². The van der Waals surface area contributed by atoms with Crippen LogP contribution in [0.3, 0.4) is 0 Å². The van der Waals surface area contributed by atoms with Crippen LogP contribution in [0.5, 0.6) is 0 Å². The molecule has 5 rings (SSSR count). The Bertz CT molecular complexity index is 722. The Balaban J connectivity index is 1.34. The Morgan fingerprint density at radius 2 is 1.79 bits per heavy atom. The first-order valence-electron chi connectivity index (χ1n) is 9.66. The van der Waals surface area contributed by atoms with E-state index in [4.69, 9.17) is 0 Å². The molecule has 1 unspecified atom stereocenters. The summed E-state index contributed by atoms with van der Waals surface area (Å²) in [5.41, 5.74) is 5.39. The average Bonchev–Trinajstić information content (AvgIpc) is 2.97. The summed E-state index contributed by atoms with van der Waals surface area (Å²) in [6, 6.07) is 20.3. The van der Waals surface area contributed by atoms with E-state index in [1.807, 2.05) is 0 Å². The van der Waals surface area contributed by atoms with Crippen molar-refractivity contribution in [2.24, 2.45) is 11.3 Å². The Hall–Kier alpha value is -1.60. The zero-order chi connectivity index (χ0) is 16.0. The molecule has 1 spiro atoms. The van der Waals surface area contributed by atoms with Gasteiger partial charge in [0.15, 0.2) is 0 Å². The first kappa shape index (κ1) is 14.7. The molecule has 1 aliphatic heterocycles. The molecule has 1 nitrogen and oxygen atoms in total. The number of nitrogens with zero attached hydrogens (tertiary/aromatic N) is 1. The minimum Gasteiger partial charge on any atom is -0.302 e. The molecular formula is C23H27N. The van der Waals surface area contributed by atoms with E-state index in [0.717, 1.165) is 11.8 Å². The first-order chi connectivity index (χ1) is 11.8. The summed E-state index contributed by atoms with van der Waals surface area (Å²) < 4.78 is 0. The van der Waals surface area contributed by atoms with Crippen molar-refractivity contribution in [2.45, 2.75) is 38.0 Å². The lowest BCUT2D eigenvalue weighted by Gasteiger charge is -2.47. The van der Waals surface area contributed by atoms with Crippen LogP contribution in [0, 0.1) is 11.3 Å². The summed E-state index contributed by atoms with van der Waals surface area (Å²) in [5.74, 6) is 1.76. The molecule has 1 saturated carbocycles. The van der Waals surface area contributed by atoms with Gasteiger partial charge >= 0.3 is 0 Å². The highest BCUT2D eigenvalue weighted by Gasteiger charge is 2.52. The summed E-state index contributed by atoms with van der Waals surface area (Å²) in [7, 11) is 0. The minimum absolute atomic E-state index is 0.577. The van der Waals surface area contributed by atoms with Crippen molar-refractivity contribution in [1.82, 2.24) is 4.90 Å². The van der Waals surface area contributed by atoms with Crippen molar-refractivity contribution in [1.29, 1.82) is 0 Å². The highest BCUT2D eigenvalue weighted by molar-refractivity contribution is 5.36. The smallest absolute Gasteiger partial charge is 0.00448 e. The second-order valence-corrected chi connectivity index (χ2v) is 8.38. The molecule has 0 aromatic heterocycles. The Kier molecular flexibility index (Phi) is 3.52. The van der Waals surface area contributed by atoms with Gasteiger partial charge in [0.2, 0.25) is 0 Å². The maximum atomic E-state index is 2.77. The zero-order valence-corrected chi connectivity index (χ0v) is 14.5. The fraction of sp³-hybridized carbons (Fsp3) is 0.478. The van der Waals surface area contributed by atoms with Crippen LogP contribution in [-0.4, -0.2) is 24.5 Å². The number of likely N-dealkylation sites (tertiary alicyclic amines) is 1. The van der Waals surface area contributed by atoms with Crippen LogP contribution in [0.25, 0.3) is 0 Å². The van der Waals surface area contributed by atoms with Crippen LogP contribution in [0.2, 0.25) is 0 Å². The van der Waals surface area contributed by atoms with Crippen LogP contribution in [-0.2, 0) is 12.8 Å². The van der Waals surface area contributed by atoms with Gasteiger partial charge < -0.3 is 4.90 Å². The fourth-order valence-corrected chi connectivity index (χ4v) is 5.88. The molecule has 1 heteroatoms. The third-order valence-electron chi connectivity index (χ3n) is 7.00. The second-order valence-electron chi connectivity index (χ2n) is 8.38. The third kappa shape index (κ3) is 2.41. The first-order valence-corrected chi connectivity index (χ1v) is 9.66. The van der Waals surface area contributed by atoms with E-state index in [0.29, 0.717) is 5.41 Å². The van der Waals surface area contributed by atoms with Crippen LogP contribution < -0.4 is 0 Å². The number of hydrogen-bond acceptors (Lipinski definition) is 1. The van der Waals surface area contributed by atoms with Crippen molar-refractivity contribution in [2.75, 3.05) is 19.6 Å². The van der Waals surface area contributed by atoms with Gasteiger partial charge in [0.05, 0.1) is 0 Å². The quantitative estimate of drug-likeness (QED) is 0.795. The molecule has 1 heterocycles. The Morgan fingerprint density at radius 1 is 0.958 bits per heavy atom. The fourth-order valence-electron chi connectivity index (χ4n) is 5.88. The maximum Gasteiger partial charge on any atom is 0.00448 e. The molecule has 24 heavy (non-hydrogen) atoms. The van der Waals surface area contributed by atoms with Gasteiger partial charge in [-0.25, -0.2) is 0 Å². The molecule has 3 atom stereocenters. The Morgan fingerprint density at radius 3 is 2.71 bits per heavy atom. The van der Waals surface area contributed by atoms with Crippen LogP contribution in [0.1, 0.15) is 41.9 Å². The summed E-state index contributed by atoms with van der Waals surface area (Å²) in [4.78, 5) is 2.77. The lowest BCUT2D eigenvalue weighted by Crippen LogP contribution is -2.41. The summed E-state index contributed by atoms with van der Waals surface area (Å²) in [6.07, 6.45) is 6.82. The van der Waals surface area contributed by atoms with Crippen molar-refractivity contribution < 1.29 is 0 Å². The maximum absolute atomic E-state index is 2.77. The molecule has 2 aromatic rings. The summed E-state index contributed by atoms with van der Waals surface area (Å²) in [5, 5.41) is 0. The molecule has 0 N–H and O–H groups in total. The molecule has 1 saturated heterocycles. The van der Waals surface area contributed by atoms with E-state index < -0.39 is 0 Å². The van der Waals surface area contributed by atoms with Gasteiger partial charge in [-0.1, -0.05) is 54.6 Å². The predicted octanol–water partition coefficient (Wildman–Crippen LogP) is 4.67. The predicted molar refractivity (Wildman–Crippen MR) is 99.2 cm³/mol. The number of fused-ring (bicyclic) bond motifs is 3. The van der Waals surface area contributed by atoms with Crippen LogP contribution in [0.15, 0.2) is 54.6 Å². The highest BCUT2D eigenvalue weighted by Crippen LogP contribution is 2.56. The van der Waals surface area contributed by atoms with Gasteiger partial charge in [0.1, 0.15) is 0 Å².